The molecule has 1 N–H and O–H groups in total. The zero-order valence-corrected chi connectivity index (χ0v) is 17.7. The van der Waals surface area contributed by atoms with Crippen LogP contribution < -0.4 is 5.32 Å². The summed E-state index contributed by atoms with van der Waals surface area (Å²) in [7, 11) is 0. The molecule has 2 aliphatic carbocycles. The molecule has 1 heterocycles. The summed E-state index contributed by atoms with van der Waals surface area (Å²) in [6.45, 7) is 3.43. The number of fused-ring (bicyclic) bond motifs is 1. The minimum Gasteiger partial charge on any atom is -0.351 e. The number of aromatic nitrogens is 1. The zero-order chi connectivity index (χ0) is 22.2. The van der Waals surface area contributed by atoms with Crippen molar-refractivity contribution in [3.8, 4) is 11.1 Å². The van der Waals surface area contributed by atoms with Crippen molar-refractivity contribution in [2.75, 3.05) is 0 Å². The first-order valence-electron chi connectivity index (χ1n) is 10.7. The Morgan fingerprint density at radius 1 is 1.19 bits per heavy atom. The number of hydrogen-bond acceptors (Lipinski definition) is 2. The number of alkyl halides is 2. The van der Waals surface area contributed by atoms with Crippen molar-refractivity contribution in [3.05, 3.63) is 60.2 Å². The minimum absolute atomic E-state index is 0.0396. The van der Waals surface area contributed by atoms with E-state index in [4.69, 9.17) is 0 Å². The molecule has 4 rings (SSSR count). The van der Waals surface area contributed by atoms with Gasteiger partial charge in [-0.15, -0.1) is 0 Å². The van der Waals surface area contributed by atoms with E-state index < -0.39 is 11.5 Å². The molecule has 1 aromatic heterocycles. The average molecular weight is 428 g/mol. The molecule has 164 valence electrons. The topological polar surface area (TPSA) is 42.0 Å². The first kappa shape index (κ1) is 21.6. The predicted molar refractivity (Wildman–Crippen MR) is 115 cm³/mol. The molecule has 0 bridgehead atoms. The second-order valence-electron chi connectivity index (χ2n) is 9.19. The number of carbonyl (C=O) groups is 1. The van der Waals surface area contributed by atoms with E-state index >= 15 is 0 Å². The Bertz CT molecular complexity index is 989. The monoisotopic (exact) mass is 428 g/mol. The Kier molecular flexibility index (Phi) is 5.67. The Morgan fingerprint density at radius 3 is 2.68 bits per heavy atom. The Labute approximate surface area is 180 Å². The van der Waals surface area contributed by atoms with Crippen molar-refractivity contribution in [1.29, 1.82) is 0 Å². The van der Waals surface area contributed by atoms with Crippen LogP contribution in [-0.2, 0) is 4.79 Å². The van der Waals surface area contributed by atoms with E-state index in [1.54, 1.807) is 12.3 Å². The number of amides is 1. The number of halogens is 3. The molecule has 1 aromatic carbocycles. The van der Waals surface area contributed by atoms with Crippen LogP contribution in [0.2, 0.25) is 0 Å². The maximum Gasteiger partial charge on any atom is 0.248 e. The van der Waals surface area contributed by atoms with Crippen LogP contribution in [0.25, 0.3) is 17.2 Å². The summed E-state index contributed by atoms with van der Waals surface area (Å²) >= 11 is 0. The molecule has 0 aliphatic heterocycles. The van der Waals surface area contributed by atoms with Crippen molar-refractivity contribution in [2.24, 2.45) is 17.8 Å². The lowest BCUT2D eigenvalue weighted by Crippen LogP contribution is -2.48. The van der Waals surface area contributed by atoms with E-state index in [9.17, 15) is 18.0 Å². The third-order valence-corrected chi connectivity index (χ3v) is 6.77. The first-order valence-corrected chi connectivity index (χ1v) is 10.7. The number of benzene rings is 1. The average Bonchev–Trinajstić information content (AvgIpc) is 2.95. The molecule has 2 aliphatic rings. The molecule has 4 atom stereocenters. The van der Waals surface area contributed by atoms with Gasteiger partial charge in [-0.05, 0) is 61.4 Å². The van der Waals surface area contributed by atoms with Crippen LogP contribution in [0.3, 0.4) is 0 Å². The van der Waals surface area contributed by atoms with E-state index in [0.29, 0.717) is 12.8 Å². The molecule has 31 heavy (non-hydrogen) atoms. The minimum atomic E-state index is -2.62. The molecule has 3 nitrogen and oxygen atoms in total. The summed E-state index contributed by atoms with van der Waals surface area (Å²) in [5, 5.41) is 3.03. The molecule has 2 fully saturated rings. The first-order chi connectivity index (χ1) is 14.7. The van der Waals surface area contributed by atoms with Gasteiger partial charge in [-0.1, -0.05) is 24.3 Å². The zero-order valence-electron chi connectivity index (χ0n) is 17.7. The Hall–Kier alpha value is -2.63. The summed E-state index contributed by atoms with van der Waals surface area (Å²) < 4.78 is 41.5. The van der Waals surface area contributed by atoms with Crippen molar-refractivity contribution >= 4 is 12.0 Å². The molecule has 1 amide bonds. The SMILES string of the molecule is CC(=O)N[C@]1(C)C[C@@H]2CC(F)(F)CC[C@H]2[C@@H]1/C=C/c1ccc(-c2cccc(F)c2)cn1. The molecular formula is C25H27F3N2O. The summed E-state index contributed by atoms with van der Waals surface area (Å²) in [5.41, 5.74) is 1.74. The lowest BCUT2D eigenvalue weighted by molar-refractivity contribution is -0.121. The number of nitrogens with zero attached hydrogens (tertiary/aromatic N) is 1. The Balaban J connectivity index is 1.56. The van der Waals surface area contributed by atoms with E-state index in [-0.39, 0.29) is 42.3 Å². The predicted octanol–water partition coefficient (Wildman–Crippen LogP) is 5.87. The smallest absolute Gasteiger partial charge is 0.248 e. The van der Waals surface area contributed by atoms with E-state index in [1.807, 2.05) is 37.3 Å². The summed E-state index contributed by atoms with van der Waals surface area (Å²) in [6, 6.07) is 10.1. The van der Waals surface area contributed by atoms with Crippen LogP contribution in [0, 0.1) is 23.6 Å². The second kappa shape index (κ2) is 8.13. The number of carbonyl (C=O) groups excluding carboxylic acids is 1. The summed E-state index contributed by atoms with van der Waals surface area (Å²) in [5.74, 6) is -3.11. The van der Waals surface area contributed by atoms with Gasteiger partial charge in [0.05, 0.1) is 5.69 Å². The van der Waals surface area contributed by atoms with Gasteiger partial charge in [0, 0.05) is 43.0 Å². The number of nitrogens with one attached hydrogen (secondary N) is 1. The maximum atomic E-state index is 14.0. The van der Waals surface area contributed by atoms with E-state index in [2.05, 4.69) is 10.3 Å². The molecular weight excluding hydrogens is 401 g/mol. The third kappa shape index (κ3) is 4.68. The van der Waals surface area contributed by atoms with E-state index in [1.165, 1.54) is 19.1 Å². The fourth-order valence-corrected chi connectivity index (χ4v) is 5.54. The molecule has 0 spiro atoms. The van der Waals surface area contributed by atoms with Gasteiger partial charge in [0.15, 0.2) is 0 Å². The number of pyridine rings is 1. The van der Waals surface area contributed by atoms with Gasteiger partial charge in [0.25, 0.3) is 0 Å². The van der Waals surface area contributed by atoms with Gasteiger partial charge >= 0.3 is 0 Å². The van der Waals surface area contributed by atoms with Crippen LogP contribution in [0.1, 0.15) is 45.2 Å². The molecule has 0 unspecified atom stereocenters. The van der Waals surface area contributed by atoms with Gasteiger partial charge < -0.3 is 5.32 Å². The van der Waals surface area contributed by atoms with Gasteiger partial charge in [0.1, 0.15) is 5.82 Å². The Morgan fingerprint density at radius 2 is 2.00 bits per heavy atom. The molecule has 2 saturated carbocycles. The highest BCUT2D eigenvalue weighted by molar-refractivity contribution is 5.74. The summed E-state index contributed by atoms with van der Waals surface area (Å²) in [4.78, 5) is 16.3. The maximum absolute atomic E-state index is 14.0. The lowest BCUT2D eigenvalue weighted by Gasteiger charge is -2.35. The van der Waals surface area contributed by atoms with Crippen molar-refractivity contribution in [2.45, 2.75) is 51.0 Å². The van der Waals surface area contributed by atoms with Crippen LogP contribution >= 0.6 is 0 Å². The van der Waals surface area contributed by atoms with Crippen molar-refractivity contribution in [3.63, 3.8) is 0 Å². The standard InChI is InChI=1S/C25H27F3N2O/c1-16(31)30-24(2)13-19-14-25(27,28)11-10-22(19)23(24)9-8-21-7-6-18(15-29-21)17-4-3-5-20(26)12-17/h3-9,12,15,19,22-23H,10-11,13-14H2,1-2H3,(H,30,31)/b9-8+/t19-,22-,23+,24-/m1/s1. The normalized spacial score (nSPS) is 29.6. The van der Waals surface area contributed by atoms with Crippen LogP contribution in [0.15, 0.2) is 48.7 Å². The van der Waals surface area contributed by atoms with Gasteiger partial charge in [0.2, 0.25) is 11.8 Å². The van der Waals surface area contributed by atoms with E-state index in [0.717, 1.165) is 16.8 Å². The molecule has 2 aromatic rings. The van der Waals surface area contributed by atoms with Crippen LogP contribution in [0.5, 0.6) is 0 Å². The highest BCUT2D eigenvalue weighted by atomic mass is 19.3. The highest BCUT2D eigenvalue weighted by Gasteiger charge is 2.55. The van der Waals surface area contributed by atoms with Crippen molar-refractivity contribution in [1.82, 2.24) is 10.3 Å². The number of rotatable bonds is 4. The molecule has 0 saturated heterocycles. The second-order valence-corrected chi connectivity index (χ2v) is 9.19. The fraction of sp³-hybridized carbons (Fsp3) is 0.440. The van der Waals surface area contributed by atoms with Gasteiger partial charge in [-0.2, -0.15) is 0 Å². The molecule has 6 heteroatoms. The quantitative estimate of drug-likeness (QED) is 0.662. The lowest BCUT2D eigenvalue weighted by atomic mass is 9.75. The van der Waals surface area contributed by atoms with Gasteiger partial charge in [-0.25, -0.2) is 13.2 Å². The van der Waals surface area contributed by atoms with Crippen LogP contribution in [0.4, 0.5) is 13.2 Å². The molecule has 0 radical (unpaired) electrons. The largest absolute Gasteiger partial charge is 0.351 e. The van der Waals surface area contributed by atoms with Crippen molar-refractivity contribution < 1.29 is 18.0 Å². The fourth-order valence-electron chi connectivity index (χ4n) is 5.54. The van der Waals surface area contributed by atoms with Gasteiger partial charge in [-0.3, -0.25) is 9.78 Å². The third-order valence-electron chi connectivity index (χ3n) is 6.77. The highest BCUT2D eigenvalue weighted by Crippen LogP contribution is 2.54. The number of hydrogen-bond donors (Lipinski definition) is 1. The summed E-state index contributed by atoms with van der Waals surface area (Å²) in [6.07, 6.45) is 6.40. The van der Waals surface area contributed by atoms with Crippen LogP contribution in [-0.4, -0.2) is 22.4 Å².